The van der Waals surface area contributed by atoms with Crippen molar-refractivity contribution in [3.05, 3.63) is 78.2 Å². The van der Waals surface area contributed by atoms with Crippen LogP contribution in [0.2, 0.25) is 0 Å². The topological polar surface area (TPSA) is 40.6 Å². The Kier molecular flexibility index (Phi) is 23.6. The van der Waals surface area contributed by atoms with Gasteiger partial charge in [-0.25, -0.2) is 17.6 Å². The summed E-state index contributed by atoms with van der Waals surface area (Å²) < 4.78 is 69.9. The van der Waals surface area contributed by atoms with Crippen molar-refractivity contribution in [1.29, 1.82) is 0 Å². The zero-order chi connectivity index (χ0) is 56.0. The van der Waals surface area contributed by atoms with E-state index in [1.54, 1.807) is 23.5 Å². The number of rotatable bonds is 37. The molecule has 0 saturated heterocycles. The number of hydrogen-bond donors (Lipinski definition) is 0. The van der Waals surface area contributed by atoms with Gasteiger partial charge in [-0.2, -0.15) is 0 Å². The van der Waals surface area contributed by atoms with Gasteiger partial charge in [0.2, 0.25) is 0 Å². The minimum Gasteiger partial charge on any atom is -0.306 e. The van der Waals surface area contributed by atoms with E-state index in [1.165, 1.54) is 85.4 Å². The summed E-state index contributed by atoms with van der Waals surface area (Å²) in [6.07, 6.45) is 25.1. The Morgan fingerprint density at radius 3 is 1.27 bits per heavy atom. The second kappa shape index (κ2) is 29.6. The quantitative estimate of drug-likeness (QED) is 0.0294. The molecule has 12 heteroatoms. The van der Waals surface area contributed by atoms with Gasteiger partial charge in [-0.3, -0.25) is 9.59 Å². The molecular weight excluding hydrogens is 1060 g/mol. The third-order valence-corrected chi connectivity index (χ3v) is 21.2. The molecular formula is C66H92F4N2O2S4. The molecule has 0 bridgehead atoms. The molecule has 0 spiro atoms. The number of hydrogen-bond acceptors (Lipinski definition) is 6. The second-order valence-corrected chi connectivity index (χ2v) is 27.6. The lowest BCUT2D eigenvalue weighted by atomic mass is 9.91. The number of amides is 2. The fourth-order valence-electron chi connectivity index (χ4n) is 12.1. The van der Waals surface area contributed by atoms with Crippen LogP contribution in [-0.2, 0) is 21.4 Å². The van der Waals surface area contributed by atoms with Gasteiger partial charge in [0.15, 0.2) is 0 Å². The van der Waals surface area contributed by atoms with E-state index < -0.39 is 11.8 Å². The summed E-state index contributed by atoms with van der Waals surface area (Å²) in [4.78, 5) is 39.3. The Morgan fingerprint density at radius 1 is 0.436 bits per heavy atom. The van der Waals surface area contributed by atoms with Crippen molar-refractivity contribution in [2.24, 2.45) is 11.8 Å². The summed E-state index contributed by atoms with van der Waals surface area (Å²) >= 11 is 5.44. The molecule has 430 valence electrons. The van der Waals surface area contributed by atoms with E-state index in [9.17, 15) is 0 Å². The summed E-state index contributed by atoms with van der Waals surface area (Å²) in [5.41, 5.74) is 1.99. The Bertz CT molecular complexity index is 2720. The molecule has 4 aromatic heterocycles. The summed E-state index contributed by atoms with van der Waals surface area (Å²) in [5, 5.41) is 0.480. The molecule has 78 heavy (non-hydrogen) atoms. The van der Waals surface area contributed by atoms with E-state index in [-0.39, 0.29) is 67.8 Å². The summed E-state index contributed by atoms with van der Waals surface area (Å²) in [6.45, 7) is 18.0. The van der Waals surface area contributed by atoms with Crippen LogP contribution in [0, 0.1) is 25.7 Å². The molecule has 4 nitrogen and oxygen atoms in total. The fraction of sp³-hybridized carbons (Fsp3) is 0.636. The van der Waals surface area contributed by atoms with Crippen LogP contribution in [0.3, 0.4) is 0 Å². The molecule has 2 amide bonds. The molecule has 5 aromatic rings. The third-order valence-electron chi connectivity index (χ3n) is 16.7. The van der Waals surface area contributed by atoms with Crippen LogP contribution in [0.15, 0.2) is 47.5 Å². The van der Waals surface area contributed by atoms with Gasteiger partial charge in [0.25, 0.3) is 23.7 Å². The first kappa shape index (κ1) is 62.3. The summed E-state index contributed by atoms with van der Waals surface area (Å²) in [7, 11) is 0. The largest absolute Gasteiger partial charge is 0.306 e. The van der Waals surface area contributed by atoms with Crippen molar-refractivity contribution >= 4 is 88.7 Å². The monoisotopic (exact) mass is 1150 g/mol. The zero-order valence-electron chi connectivity index (χ0n) is 48.7. The number of nitrogens with zero attached hydrogens (tertiary/aromatic N) is 2. The van der Waals surface area contributed by atoms with Crippen molar-refractivity contribution in [2.75, 3.05) is 13.1 Å². The predicted octanol–water partition coefficient (Wildman–Crippen LogP) is 22.8. The van der Waals surface area contributed by atoms with E-state index in [1.807, 2.05) is 34.9 Å². The normalized spacial score (nSPS) is 15.2. The van der Waals surface area contributed by atoms with Gasteiger partial charge in [-0.05, 0) is 87.8 Å². The van der Waals surface area contributed by atoms with Crippen LogP contribution in [-0.4, -0.2) is 34.7 Å². The molecule has 6 heterocycles. The summed E-state index contributed by atoms with van der Waals surface area (Å²) in [5.74, 6) is -6.31. The number of aryl methyl sites for hydroxylation is 2. The van der Waals surface area contributed by atoms with Crippen molar-refractivity contribution in [3.8, 4) is 9.75 Å². The highest BCUT2D eigenvalue weighted by Crippen LogP contribution is 2.56. The van der Waals surface area contributed by atoms with E-state index in [2.05, 4.69) is 54.5 Å². The molecule has 0 saturated carbocycles. The van der Waals surface area contributed by atoms with E-state index >= 15 is 27.2 Å². The van der Waals surface area contributed by atoms with Crippen molar-refractivity contribution in [1.82, 2.24) is 9.80 Å². The molecule has 2 aliphatic rings. The van der Waals surface area contributed by atoms with Gasteiger partial charge in [0.1, 0.15) is 0 Å². The first-order valence-corrected chi connectivity index (χ1v) is 34.0. The van der Waals surface area contributed by atoms with E-state index in [4.69, 9.17) is 0 Å². The highest BCUT2D eigenvalue weighted by atomic mass is 32.1. The lowest BCUT2D eigenvalue weighted by Crippen LogP contribution is -2.34. The number of thiophene rings is 4. The van der Waals surface area contributed by atoms with Crippen LogP contribution in [0.25, 0.3) is 41.3 Å². The average molecular weight is 1150 g/mol. The van der Waals surface area contributed by atoms with Gasteiger partial charge in [-0.15, -0.1) is 45.3 Å². The maximum absolute atomic E-state index is 17.4. The molecule has 1 aromatic carbocycles. The van der Waals surface area contributed by atoms with Gasteiger partial charge < -0.3 is 9.80 Å². The lowest BCUT2D eigenvalue weighted by Gasteiger charge is -2.29. The van der Waals surface area contributed by atoms with Crippen LogP contribution < -0.4 is 0 Å². The highest BCUT2D eigenvalue weighted by molar-refractivity contribution is 7.27. The third kappa shape index (κ3) is 14.8. The molecule has 2 atom stereocenters. The van der Waals surface area contributed by atoms with Gasteiger partial charge >= 0.3 is 0 Å². The number of carbonyl (C=O) groups is 2. The van der Waals surface area contributed by atoms with Crippen LogP contribution in [0.1, 0.15) is 252 Å². The molecule has 0 radical (unpaired) electrons. The van der Waals surface area contributed by atoms with Crippen molar-refractivity contribution in [3.63, 3.8) is 0 Å². The average Bonchev–Trinajstić information content (AvgIpc) is 4.49. The van der Waals surface area contributed by atoms with Gasteiger partial charge in [0, 0.05) is 76.7 Å². The van der Waals surface area contributed by atoms with Crippen molar-refractivity contribution < 1.29 is 27.2 Å². The first-order chi connectivity index (χ1) is 37.6. The Balaban J connectivity index is 1.32. The number of unbranched alkanes of at least 4 members (excludes halogenated alkanes) is 18. The van der Waals surface area contributed by atoms with E-state index in [0.717, 1.165) is 114 Å². The highest BCUT2D eigenvalue weighted by Gasteiger charge is 2.50. The second-order valence-electron chi connectivity index (χ2n) is 23.0. The molecule has 0 fully saturated rings. The zero-order valence-corrected chi connectivity index (χ0v) is 52.0. The minimum atomic E-state index is -3.24. The fourth-order valence-corrected chi connectivity index (χ4v) is 16.6. The predicted molar refractivity (Wildman–Crippen MR) is 330 cm³/mol. The Morgan fingerprint density at radius 2 is 0.833 bits per heavy atom. The maximum Gasteiger partial charge on any atom is 0.275 e. The molecule has 7 rings (SSSR count). The van der Waals surface area contributed by atoms with E-state index in [0.29, 0.717) is 66.2 Å². The van der Waals surface area contributed by atoms with Crippen LogP contribution >= 0.6 is 45.3 Å². The van der Waals surface area contributed by atoms with Gasteiger partial charge in [0.05, 0.1) is 32.3 Å². The van der Waals surface area contributed by atoms with Crippen molar-refractivity contribution in [2.45, 2.75) is 247 Å². The Labute approximate surface area is 482 Å². The molecule has 2 unspecified atom stereocenters. The molecule has 2 aliphatic heterocycles. The first-order valence-electron chi connectivity index (χ1n) is 30.7. The smallest absolute Gasteiger partial charge is 0.275 e. The lowest BCUT2D eigenvalue weighted by molar-refractivity contribution is -0.124. The van der Waals surface area contributed by atoms with Crippen LogP contribution in [0.4, 0.5) is 17.6 Å². The van der Waals surface area contributed by atoms with Gasteiger partial charge in [-0.1, -0.05) is 183 Å². The number of alkyl halides is 4. The number of carbonyl (C=O) groups excluding carboxylic acids is 2. The molecule has 0 aliphatic carbocycles. The minimum absolute atomic E-state index is 0.116. The maximum atomic E-state index is 17.4. The molecule has 0 N–H and O–H groups in total. The number of fused-ring (bicyclic) bond motifs is 3. The Hall–Kier alpha value is -3.32. The van der Waals surface area contributed by atoms with Crippen LogP contribution in [0.5, 0.6) is 0 Å². The SMILES string of the molecule is CCCCCCCCCCCC(F)(F)c1c2cc(-c3ccc(C4=C5C(=O)N(CC(CC)CCCC)C(c6ccc(C)s6)=C5C(=O)N4CC(CC)CCCC)s3)sc2c(C(F)(F)CCCCCCCCCCC)c2cc(C)sc12. The summed E-state index contributed by atoms with van der Waals surface area (Å²) in [6, 6.07) is 11.5. The number of halogens is 4. The standard InChI is InChI=1S/C66H92F4N2O2S4/c1-9-15-19-21-23-25-27-29-31-39-65(67,68)57-49-41-46(8)76-61(49)58(66(69,70)40-32-30-28-26-24-22-20-16-10-2)50-42-54(78-62(50)57)51-37-38-53(77-51)60-56-55(63(73)72(60)44-48(14-6)34-18-12-4)59(52-36-35-45(7)75-52)71(64(56)74)43-47(13-5)33-17-11-3/h35-38,41-42,47-48H,9-34,39-40,43-44H2,1-8H3. The number of benzene rings is 1.